The molecule has 0 spiro atoms. The lowest BCUT2D eigenvalue weighted by Gasteiger charge is -2.38. The molecule has 1 fully saturated rings. The van der Waals surface area contributed by atoms with Crippen molar-refractivity contribution < 1.29 is 33.7 Å². The molecule has 34 heavy (non-hydrogen) atoms. The summed E-state index contributed by atoms with van der Waals surface area (Å²) in [4.78, 5) is 39.7. The van der Waals surface area contributed by atoms with Crippen molar-refractivity contribution in [1.29, 1.82) is 0 Å². The Morgan fingerprint density at radius 3 is 2.47 bits per heavy atom. The summed E-state index contributed by atoms with van der Waals surface area (Å²) in [5, 5.41) is 13.7. The number of methoxy groups -OCH3 is 2. The van der Waals surface area contributed by atoms with Gasteiger partial charge >= 0.3 is 11.9 Å². The molecule has 1 aromatic carbocycles. The summed E-state index contributed by atoms with van der Waals surface area (Å²) < 4.78 is 15.9. The number of allylic oxidation sites excluding steroid dienone is 3. The third kappa shape index (κ3) is 4.17. The first-order valence-corrected chi connectivity index (χ1v) is 11.7. The lowest BCUT2D eigenvalue weighted by molar-refractivity contribution is -0.151. The summed E-state index contributed by atoms with van der Waals surface area (Å²) in [6, 6.07) is 4.80. The molecule has 1 aromatic rings. The number of aromatic hydroxyl groups is 1. The van der Waals surface area contributed by atoms with Gasteiger partial charge in [-0.25, -0.2) is 4.79 Å². The number of carbonyl (C=O) groups is 3. The van der Waals surface area contributed by atoms with Gasteiger partial charge in [-0.15, -0.1) is 0 Å². The van der Waals surface area contributed by atoms with Gasteiger partial charge in [0.1, 0.15) is 12.0 Å². The standard InChI is InChI=1S/C26H31NO7/c1-13-11-17-23(24(29)20(13)25(30)33-4)22(15-9-10-19(32-3)18(28)12-15)21(14(2)27-17)26(31)34-16-7-5-6-8-16/h9-10,12-13,16,20,22,27-28H,5-8,11H2,1-4H3/t13-,20-,22-/m1/s1. The van der Waals surface area contributed by atoms with Gasteiger partial charge in [0.25, 0.3) is 0 Å². The highest BCUT2D eigenvalue weighted by atomic mass is 16.5. The van der Waals surface area contributed by atoms with Gasteiger partial charge in [0.05, 0.1) is 19.8 Å². The lowest BCUT2D eigenvalue weighted by Crippen LogP contribution is -2.43. The van der Waals surface area contributed by atoms with E-state index in [4.69, 9.17) is 14.2 Å². The second-order valence-electron chi connectivity index (χ2n) is 9.28. The highest BCUT2D eigenvalue weighted by Crippen LogP contribution is 2.47. The van der Waals surface area contributed by atoms with Crippen LogP contribution in [0.1, 0.15) is 57.4 Å². The van der Waals surface area contributed by atoms with Gasteiger partial charge in [0, 0.05) is 22.9 Å². The number of Topliss-reactive ketones (excluding diaryl/α,β-unsaturated/α-hetero) is 1. The van der Waals surface area contributed by atoms with Gasteiger partial charge in [0.2, 0.25) is 0 Å². The Hall–Kier alpha value is -3.29. The Kier molecular flexibility index (Phi) is 6.68. The Bertz CT molecular complexity index is 1080. The van der Waals surface area contributed by atoms with Crippen LogP contribution in [0.3, 0.4) is 0 Å². The van der Waals surface area contributed by atoms with E-state index in [0.29, 0.717) is 34.5 Å². The molecular weight excluding hydrogens is 438 g/mol. The number of carbonyl (C=O) groups excluding carboxylic acids is 3. The quantitative estimate of drug-likeness (QED) is 0.498. The van der Waals surface area contributed by atoms with E-state index >= 15 is 0 Å². The maximum Gasteiger partial charge on any atom is 0.337 e. The van der Waals surface area contributed by atoms with Crippen molar-refractivity contribution in [3.8, 4) is 11.5 Å². The van der Waals surface area contributed by atoms with Crippen LogP contribution in [-0.2, 0) is 23.9 Å². The first-order chi connectivity index (χ1) is 16.3. The third-order valence-corrected chi connectivity index (χ3v) is 7.08. The number of dihydropyridines is 1. The SMILES string of the molecule is COC(=O)[C@H]1C(=O)C2=C(C[C@H]1C)NC(C)=C(C(=O)OC1CCCC1)[C@H]2c1ccc(OC)c(O)c1. The van der Waals surface area contributed by atoms with E-state index in [1.165, 1.54) is 20.3 Å². The first-order valence-electron chi connectivity index (χ1n) is 11.7. The topological polar surface area (TPSA) is 111 Å². The van der Waals surface area contributed by atoms with Crippen LogP contribution < -0.4 is 10.1 Å². The van der Waals surface area contributed by atoms with Crippen molar-refractivity contribution in [2.75, 3.05) is 14.2 Å². The van der Waals surface area contributed by atoms with Gasteiger partial charge in [0.15, 0.2) is 17.3 Å². The number of rotatable bonds is 5. The molecule has 0 bridgehead atoms. The second-order valence-corrected chi connectivity index (χ2v) is 9.28. The molecule has 3 aliphatic rings. The molecule has 0 saturated heterocycles. The van der Waals surface area contributed by atoms with E-state index in [9.17, 15) is 19.5 Å². The molecule has 4 rings (SSSR count). The molecular formula is C26H31NO7. The van der Waals surface area contributed by atoms with Gasteiger partial charge in [-0.3, -0.25) is 9.59 Å². The van der Waals surface area contributed by atoms with Gasteiger partial charge in [-0.1, -0.05) is 13.0 Å². The zero-order chi connectivity index (χ0) is 24.6. The van der Waals surface area contributed by atoms with Crippen molar-refractivity contribution in [3.05, 3.63) is 46.3 Å². The number of phenolic OH excluding ortho intramolecular Hbond substituents is 1. The van der Waals surface area contributed by atoms with Crippen molar-refractivity contribution in [2.45, 2.75) is 58.0 Å². The Labute approximate surface area is 199 Å². The number of benzene rings is 1. The average Bonchev–Trinajstić information content (AvgIpc) is 3.30. The van der Waals surface area contributed by atoms with E-state index in [1.54, 1.807) is 19.1 Å². The molecule has 2 aliphatic carbocycles. The maximum atomic E-state index is 13.7. The molecule has 0 radical (unpaired) electrons. The van der Waals surface area contributed by atoms with Crippen LogP contribution in [0.5, 0.6) is 11.5 Å². The molecule has 8 nitrogen and oxygen atoms in total. The Balaban J connectivity index is 1.83. The predicted octanol–water partition coefficient (Wildman–Crippen LogP) is 3.50. The van der Waals surface area contributed by atoms with Crippen LogP contribution in [0.25, 0.3) is 0 Å². The van der Waals surface area contributed by atoms with E-state index in [-0.39, 0.29) is 29.3 Å². The summed E-state index contributed by atoms with van der Waals surface area (Å²) in [7, 11) is 2.71. The third-order valence-electron chi connectivity index (χ3n) is 7.08. The summed E-state index contributed by atoms with van der Waals surface area (Å²) in [6.07, 6.45) is 3.94. The monoisotopic (exact) mass is 469 g/mol. The zero-order valence-corrected chi connectivity index (χ0v) is 20.0. The number of nitrogens with one attached hydrogen (secondary N) is 1. The van der Waals surface area contributed by atoms with Crippen LogP contribution >= 0.6 is 0 Å². The first kappa shape index (κ1) is 23.9. The van der Waals surface area contributed by atoms with E-state index in [2.05, 4.69) is 5.32 Å². The van der Waals surface area contributed by atoms with Crippen LogP contribution in [0.15, 0.2) is 40.7 Å². The van der Waals surface area contributed by atoms with Crippen LogP contribution in [0, 0.1) is 11.8 Å². The fourth-order valence-corrected chi connectivity index (χ4v) is 5.39. The van der Waals surface area contributed by atoms with Crippen molar-refractivity contribution in [2.24, 2.45) is 11.8 Å². The van der Waals surface area contributed by atoms with Crippen molar-refractivity contribution in [3.63, 3.8) is 0 Å². The molecule has 0 unspecified atom stereocenters. The van der Waals surface area contributed by atoms with Gasteiger partial charge in [-0.05, 0) is 62.6 Å². The normalized spacial score (nSPS) is 25.1. The molecule has 1 saturated carbocycles. The van der Waals surface area contributed by atoms with Crippen LogP contribution in [-0.4, -0.2) is 43.2 Å². The molecule has 182 valence electrons. The fourth-order valence-electron chi connectivity index (χ4n) is 5.39. The predicted molar refractivity (Wildman–Crippen MR) is 123 cm³/mol. The summed E-state index contributed by atoms with van der Waals surface area (Å²) >= 11 is 0. The summed E-state index contributed by atoms with van der Waals surface area (Å²) in [6.45, 7) is 3.62. The number of hydrogen-bond acceptors (Lipinski definition) is 8. The fraction of sp³-hybridized carbons (Fsp3) is 0.500. The van der Waals surface area contributed by atoms with Crippen molar-refractivity contribution in [1.82, 2.24) is 5.32 Å². The van der Waals surface area contributed by atoms with E-state index < -0.39 is 23.8 Å². The number of phenols is 1. The minimum absolute atomic E-state index is 0.108. The molecule has 8 heteroatoms. The number of hydrogen-bond donors (Lipinski definition) is 2. The van der Waals surface area contributed by atoms with Gasteiger partial charge in [-0.2, -0.15) is 0 Å². The Morgan fingerprint density at radius 2 is 1.85 bits per heavy atom. The Morgan fingerprint density at radius 1 is 1.15 bits per heavy atom. The van der Waals surface area contributed by atoms with Gasteiger partial charge < -0.3 is 24.6 Å². The zero-order valence-electron chi connectivity index (χ0n) is 20.0. The molecule has 0 aromatic heterocycles. The van der Waals surface area contributed by atoms with E-state index in [1.807, 2.05) is 6.92 Å². The summed E-state index contributed by atoms with van der Waals surface area (Å²) in [5.74, 6) is -3.34. The minimum Gasteiger partial charge on any atom is -0.504 e. The molecule has 3 atom stereocenters. The summed E-state index contributed by atoms with van der Waals surface area (Å²) in [5.41, 5.74) is 2.45. The van der Waals surface area contributed by atoms with E-state index in [0.717, 1.165) is 25.7 Å². The molecule has 1 heterocycles. The minimum atomic E-state index is -0.967. The lowest BCUT2D eigenvalue weighted by atomic mass is 9.69. The average molecular weight is 470 g/mol. The van der Waals surface area contributed by atoms with Crippen molar-refractivity contribution >= 4 is 17.7 Å². The largest absolute Gasteiger partial charge is 0.504 e. The van der Waals surface area contributed by atoms with Crippen LogP contribution in [0.4, 0.5) is 0 Å². The second kappa shape index (κ2) is 9.52. The number of ether oxygens (including phenoxy) is 3. The maximum absolute atomic E-state index is 13.7. The van der Waals surface area contributed by atoms with Crippen LogP contribution in [0.2, 0.25) is 0 Å². The smallest absolute Gasteiger partial charge is 0.337 e. The molecule has 1 aliphatic heterocycles. The number of ketones is 1. The highest BCUT2D eigenvalue weighted by Gasteiger charge is 2.47. The molecule has 0 amide bonds. The highest BCUT2D eigenvalue weighted by molar-refractivity contribution is 6.12. The number of esters is 2. The molecule has 2 N–H and O–H groups in total.